The van der Waals surface area contributed by atoms with Crippen LogP contribution in [0, 0.1) is 5.82 Å². The number of hydrogen-bond donors (Lipinski definition) is 1. The van der Waals surface area contributed by atoms with Crippen LogP contribution in [0.4, 0.5) is 10.1 Å². The number of anilines is 1. The van der Waals surface area contributed by atoms with E-state index in [2.05, 4.69) is 5.32 Å². The molecule has 7 heteroatoms. The van der Waals surface area contributed by atoms with Gasteiger partial charge in [0, 0.05) is 30.2 Å². The van der Waals surface area contributed by atoms with Crippen LogP contribution in [0.1, 0.15) is 10.4 Å². The summed E-state index contributed by atoms with van der Waals surface area (Å²) in [6.07, 6.45) is 0. The lowest BCUT2D eigenvalue weighted by Crippen LogP contribution is -2.21. The van der Waals surface area contributed by atoms with Crippen molar-refractivity contribution >= 4 is 40.9 Å². The standard InChI is InChI=1S/C17H16ClFN2O2S/c1-21(2)17(23)11-3-5-12(6-4-11)20-16(22)10-24-13-7-8-15(19)14(18)9-13/h3-9H,10H2,1-2H3,(H,20,22). The molecule has 2 rings (SSSR count). The second-order valence-electron chi connectivity index (χ2n) is 5.19. The molecule has 2 amide bonds. The van der Waals surface area contributed by atoms with Crippen LogP contribution in [0.15, 0.2) is 47.4 Å². The van der Waals surface area contributed by atoms with Crippen molar-refractivity contribution in [3.63, 3.8) is 0 Å². The van der Waals surface area contributed by atoms with Crippen molar-refractivity contribution < 1.29 is 14.0 Å². The summed E-state index contributed by atoms with van der Waals surface area (Å²) in [5.41, 5.74) is 1.15. The Balaban J connectivity index is 1.90. The van der Waals surface area contributed by atoms with Gasteiger partial charge in [0.05, 0.1) is 10.8 Å². The Morgan fingerprint density at radius 3 is 2.42 bits per heavy atom. The summed E-state index contributed by atoms with van der Waals surface area (Å²) in [6, 6.07) is 11.0. The molecule has 126 valence electrons. The van der Waals surface area contributed by atoms with Gasteiger partial charge >= 0.3 is 0 Å². The molecule has 0 bridgehead atoms. The summed E-state index contributed by atoms with van der Waals surface area (Å²) in [5, 5.41) is 2.77. The van der Waals surface area contributed by atoms with E-state index in [1.807, 2.05) is 0 Å². The second kappa shape index (κ2) is 8.17. The molecule has 0 atom stereocenters. The van der Waals surface area contributed by atoms with E-state index < -0.39 is 5.82 Å². The fraction of sp³-hybridized carbons (Fsp3) is 0.176. The third kappa shape index (κ3) is 4.97. The fourth-order valence-electron chi connectivity index (χ4n) is 1.87. The van der Waals surface area contributed by atoms with E-state index in [4.69, 9.17) is 11.6 Å². The van der Waals surface area contributed by atoms with E-state index in [-0.39, 0.29) is 22.6 Å². The summed E-state index contributed by atoms with van der Waals surface area (Å²) in [5.74, 6) is -0.623. The first-order valence-electron chi connectivity index (χ1n) is 7.06. The molecule has 0 saturated heterocycles. The normalized spacial score (nSPS) is 10.3. The number of carbonyl (C=O) groups excluding carboxylic acids is 2. The zero-order valence-corrected chi connectivity index (χ0v) is 14.7. The van der Waals surface area contributed by atoms with Gasteiger partial charge in [-0.1, -0.05) is 11.6 Å². The van der Waals surface area contributed by atoms with Gasteiger partial charge in [0.15, 0.2) is 0 Å². The van der Waals surface area contributed by atoms with Gasteiger partial charge in [0.2, 0.25) is 5.91 Å². The molecule has 0 saturated carbocycles. The predicted molar refractivity (Wildman–Crippen MR) is 95.2 cm³/mol. The number of benzene rings is 2. The summed E-state index contributed by atoms with van der Waals surface area (Å²) >= 11 is 6.96. The first-order chi connectivity index (χ1) is 11.4. The van der Waals surface area contributed by atoms with Gasteiger partial charge < -0.3 is 10.2 Å². The van der Waals surface area contributed by atoms with E-state index in [9.17, 15) is 14.0 Å². The van der Waals surface area contributed by atoms with Gasteiger partial charge in [0.25, 0.3) is 5.91 Å². The maximum atomic E-state index is 13.1. The number of carbonyl (C=O) groups is 2. The van der Waals surface area contributed by atoms with E-state index in [0.717, 1.165) is 0 Å². The van der Waals surface area contributed by atoms with Crippen LogP contribution in [-0.4, -0.2) is 36.6 Å². The molecule has 0 unspecified atom stereocenters. The van der Waals surface area contributed by atoms with Crippen LogP contribution in [0.25, 0.3) is 0 Å². The van der Waals surface area contributed by atoms with Crippen LogP contribution in [0.5, 0.6) is 0 Å². The fourth-order valence-corrected chi connectivity index (χ4v) is 2.85. The maximum absolute atomic E-state index is 13.1. The maximum Gasteiger partial charge on any atom is 0.253 e. The first-order valence-corrected chi connectivity index (χ1v) is 8.42. The van der Waals surface area contributed by atoms with Gasteiger partial charge in [-0.3, -0.25) is 9.59 Å². The van der Waals surface area contributed by atoms with E-state index in [0.29, 0.717) is 16.1 Å². The molecule has 0 aliphatic rings. The highest BCUT2D eigenvalue weighted by molar-refractivity contribution is 8.00. The van der Waals surface area contributed by atoms with Crippen molar-refractivity contribution in [1.29, 1.82) is 0 Å². The van der Waals surface area contributed by atoms with Crippen molar-refractivity contribution in [2.45, 2.75) is 4.90 Å². The average molecular weight is 367 g/mol. The molecule has 0 aromatic heterocycles. The highest BCUT2D eigenvalue weighted by Gasteiger charge is 2.09. The minimum Gasteiger partial charge on any atom is -0.345 e. The lowest BCUT2D eigenvalue weighted by atomic mass is 10.2. The van der Waals surface area contributed by atoms with Crippen molar-refractivity contribution in [1.82, 2.24) is 4.90 Å². The minimum absolute atomic E-state index is 0.0292. The number of nitrogens with zero attached hydrogens (tertiary/aromatic N) is 1. The number of rotatable bonds is 5. The lowest BCUT2D eigenvalue weighted by Gasteiger charge is -2.11. The van der Waals surface area contributed by atoms with E-state index in [1.165, 1.54) is 28.8 Å². The van der Waals surface area contributed by atoms with Gasteiger partial charge in [-0.2, -0.15) is 0 Å². The molecule has 0 aliphatic heterocycles. The predicted octanol–water partition coefficient (Wildman–Crippen LogP) is 3.91. The Morgan fingerprint density at radius 1 is 1.17 bits per heavy atom. The number of thioether (sulfide) groups is 1. The monoisotopic (exact) mass is 366 g/mol. The van der Waals surface area contributed by atoms with Crippen molar-refractivity contribution in [2.24, 2.45) is 0 Å². The van der Waals surface area contributed by atoms with Gasteiger partial charge in [-0.05, 0) is 42.5 Å². The van der Waals surface area contributed by atoms with Crippen LogP contribution in [-0.2, 0) is 4.79 Å². The van der Waals surface area contributed by atoms with Gasteiger partial charge in [-0.25, -0.2) is 4.39 Å². The van der Waals surface area contributed by atoms with Crippen LogP contribution >= 0.6 is 23.4 Å². The highest BCUT2D eigenvalue weighted by atomic mass is 35.5. The second-order valence-corrected chi connectivity index (χ2v) is 6.65. The first kappa shape index (κ1) is 18.3. The van der Waals surface area contributed by atoms with E-state index in [1.54, 1.807) is 44.4 Å². The zero-order valence-electron chi connectivity index (χ0n) is 13.2. The Kier molecular flexibility index (Phi) is 6.23. The third-order valence-corrected chi connectivity index (χ3v) is 4.37. The molecule has 0 aliphatic carbocycles. The molecule has 0 radical (unpaired) electrons. The molecule has 4 nitrogen and oxygen atoms in total. The Hall–Kier alpha value is -2.05. The smallest absolute Gasteiger partial charge is 0.253 e. The minimum atomic E-state index is -0.488. The molecule has 0 fully saturated rings. The zero-order chi connectivity index (χ0) is 17.7. The van der Waals surface area contributed by atoms with Crippen molar-refractivity contribution in [3.8, 4) is 0 Å². The average Bonchev–Trinajstić information content (AvgIpc) is 2.56. The van der Waals surface area contributed by atoms with Crippen LogP contribution in [0.3, 0.4) is 0 Å². The Labute approximate surface area is 149 Å². The number of nitrogens with one attached hydrogen (secondary N) is 1. The SMILES string of the molecule is CN(C)C(=O)c1ccc(NC(=O)CSc2ccc(F)c(Cl)c2)cc1. The number of halogens is 2. The third-order valence-electron chi connectivity index (χ3n) is 3.08. The highest BCUT2D eigenvalue weighted by Crippen LogP contribution is 2.24. The molecule has 24 heavy (non-hydrogen) atoms. The summed E-state index contributed by atoms with van der Waals surface area (Å²) in [7, 11) is 3.36. The van der Waals surface area contributed by atoms with Gasteiger partial charge in [-0.15, -0.1) is 11.8 Å². The lowest BCUT2D eigenvalue weighted by molar-refractivity contribution is -0.113. The molecule has 1 N–H and O–H groups in total. The number of hydrogen-bond acceptors (Lipinski definition) is 3. The summed E-state index contributed by atoms with van der Waals surface area (Å²) in [4.78, 5) is 25.9. The summed E-state index contributed by atoms with van der Waals surface area (Å²) < 4.78 is 13.1. The van der Waals surface area contributed by atoms with E-state index >= 15 is 0 Å². The molecule has 0 spiro atoms. The van der Waals surface area contributed by atoms with Crippen molar-refractivity contribution in [3.05, 3.63) is 58.9 Å². The number of amides is 2. The van der Waals surface area contributed by atoms with Crippen molar-refractivity contribution in [2.75, 3.05) is 25.2 Å². The molecule has 0 heterocycles. The quantitative estimate of drug-likeness (QED) is 0.816. The Morgan fingerprint density at radius 2 is 1.83 bits per heavy atom. The molecule has 2 aromatic rings. The molecular weight excluding hydrogens is 351 g/mol. The van der Waals surface area contributed by atoms with Crippen LogP contribution < -0.4 is 5.32 Å². The Bertz CT molecular complexity index is 751. The molecule has 2 aromatic carbocycles. The summed E-state index contributed by atoms with van der Waals surface area (Å²) in [6.45, 7) is 0. The van der Waals surface area contributed by atoms with Gasteiger partial charge in [0.1, 0.15) is 5.82 Å². The van der Waals surface area contributed by atoms with Crippen LogP contribution in [0.2, 0.25) is 5.02 Å². The molecular formula is C17H16ClFN2O2S. The topological polar surface area (TPSA) is 49.4 Å². The largest absolute Gasteiger partial charge is 0.345 e.